The molecule has 2 aliphatic heterocycles. The van der Waals surface area contributed by atoms with Gasteiger partial charge in [0.05, 0.1) is 5.60 Å². The fourth-order valence-corrected chi connectivity index (χ4v) is 3.59. The van der Waals surface area contributed by atoms with Gasteiger partial charge in [0.1, 0.15) is 0 Å². The molecule has 0 radical (unpaired) electrons. The number of halogens is 1. The average molecular weight is 310 g/mol. The Labute approximate surface area is 132 Å². The van der Waals surface area contributed by atoms with Gasteiger partial charge in [0.2, 0.25) is 0 Å². The highest BCUT2D eigenvalue weighted by molar-refractivity contribution is 6.30. The van der Waals surface area contributed by atoms with Gasteiger partial charge >= 0.3 is 0 Å². The molecule has 1 aromatic carbocycles. The van der Waals surface area contributed by atoms with Crippen molar-refractivity contribution < 1.29 is 9.47 Å². The highest BCUT2D eigenvalue weighted by atomic mass is 35.5. The van der Waals surface area contributed by atoms with Gasteiger partial charge in [-0.05, 0) is 50.3 Å². The second-order valence-electron chi connectivity index (χ2n) is 6.27. The van der Waals surface area contributed by atoms with E-state index in [9.17, 15) is 0 Å². The third-order valence-electron chi connectivity index (χ3n) is 4.75. The highest BCUT2D eigenvalue weighted by Crippen LogP contribution is 2.35. The molecule has 1 unspecified atom stereocenters. The number of ether oxygens (including phenoxy) is 2. The van der Waals surface area contributed by atoms with E-state index in [0.717, 1.165) is 50.5 Å². The summed E-state index contributed by atoms with van der Waals surface area (Å²) in [5.74, 6) is 0. The zero-order chi connectivity index (χ0) is 14.7. The van der Waals surface area contributed by atoms with E-state index >= 15 is 0 Å². The Kier molecular flexibility index (Phi) is 4.85. The smallest absolute Gasteiger partial charge is 0.0741 e. The Morgan fingerprint density at radius 3 is 2.62 bits per heavy atom. The Bertz CT molecular complexity index is 451. The van der Waals surface area contributed by atoms with E-state index in [2.05, 4.69) is 24.4 Å². The summed E-state index contributed by atoms with van der Waals surface area (Å²) in [6.45, 7) is 4.74. The minimum Gasteiger partial charge on any atom is -0.381 e. The summed E-state index contributed by atoms with van der Waals surface area (Å²) in [4.78, 5) is 0. The van der Waals surface area contributed by atoms with Crippen LogP contribution in [0.15, 0.2) is 24.3 Å². The molecule has 1 spiro atoms. The monoisotopic (exact) mass is 309 g/mol. The predicted molar refractivity (Wildman–Crippen MR) is 84.8 cm³/mol. The van der Waals surface area contributed by atoms with Crippen LogP contribution in [0.3, 0.4) is 0 Å². The Morgan fingerprint density at radius 1 is 1.19 bits per heavy atom. The average Bonchev–Trinajstić information content (AvgIpc) is 2.49. The van der Waals surface area contributed by atoms with Gasteiger partial charge in [-0.3, -0.25) is 0 Å². The lowest BCUT2D eigenvalue weighted by molar-refractivity contribution is -0.140. The maximum Gasteiger partial charge on any atom is 0.0741 e. The fourth-order valence-electron chi connectivity index (χ4n) is 3.46. The number of hydrogen-bond donors (Lipinski definition) is 1. The summed E-state index contributed by atoms with van der Waals surface area (Å²) in [7, 11) is 0. The molecule has 21 heavy (non-hydrogen) atoms. The van der Waals surface area contributed by atoms with Gasteiger partial charge in [-0.2, -0.15) is 0 Å². The van der Waals surface area contributed by atoms with Crippen LogP contribution in [0.4, 0.5) is 0 Å². The van der Waals surface area contributed by atoms with Gasteiger partial charge in [-0.1, -0.05) is 23.7 Å². The fraction of sp³-hybridized carbons (Fsp3) is 0.647. The van der Waals surface area contributed by atoms with Crippen LogP contribution in [0.25, 0.3) is 0 Å². The quantitative estimate of drug-likeness (QED) is 0.923. The van der Waals surface area contributed by atoms with E-state index in [1.54, 1.807) is 0 Å². The van der Waals surface area contributed by atoms with Crippen molar-refractivity contribution >= 4 is 11.6 Å². The van der Waals surface area contributed by atoms with Gasteiger partial charge in [0, 0.05) is 36.9 Å². The molecule has 116 valence electrons. The van der Waals surface area contributed by atoms with Gasteiger partial charge in [-0.25, -0.2) is 0 Å². The van der Waals surface area contributed by atoms with Gasteiger partial charge in [0.25, 0.3) is 0 Å². The molecule has 0 aliphatic carbocycles. The van der Waals surface area contributed by atoms with Crippen molar-refractivity contribution in [2.75, 3.05) is 19.8 Å². The van der Waals surface area contributed by atoms with Gasteiger partial charge in [-0.15, -0.1) is 0 Å². The summed E-state index contributed by atoms with van der Waals surface area (Å²) >= 11 is 5.96. The first-order chi connectivity index (χ1) is 10.2. The largest absolute Gasteiger partial charge is 0.381 e. The van der Waals surface area contributed by atoms with E-state index in [4.69, 9.17) is 21.1 Å². The standard InChI is InChI=1S/C17H24ClNO2/c1-13(14-2-4-15(18)5-3-14)19-16-6-9-21-17(12-16)7-10-20-11-8-17/h2-5,13,16,19H,6-12H2,1H3/t13-,16?/m0/s1. The maximum atomic E-state index is 6.10. The topological polar surface area (TPSA) is 30.5 Å². The van der Waals surface area contributed by atoms with Crippen molar-refractivity contribution in [2.45, 2.75) is 50.3 Å². The second kappa shape index (κ2) is 6.66. The molecule has 2 fully saturated rings. The summed E-state index contributed by atoms with van der Waals surface area (Å²) in [6, 6.07) is 8.97. The van der Waals surface area contributed by atoms with E-state index in [1.165, 1.54) is 5.56 Å². The van der Waals surface area contributed by atoms with Gasteiger partial charge < -0.3 is 14.8 Å². The van der Waals surface area contributed by atoms with Crippen LogP contribution in [0.5, 0.6) is 0 Å². The van der Waals surface area contributed by atoms with E-state index in [0.29, 0.717) is 12.1 Å². The minimum absolute atomic E-state index is 0.0495. The summed E-state index contributed by atoms with van der Waals surface area (Å²) in [5, 5.41) is 4.55. The molecule has 1 aromatic rings. The Balaban J connectivity index is 1.60. The third-order valence-corrected chi connectivity index (χ3v) is 5.00. The predicted octanol–water partition coefficient (Wildman–Crippen LogP) is 3.72. The van der Waals surface area contributed by atoms with Crippen molar-refractivity contribution in [3.05, 3.63) is 34.9 Å². The second-order valence-corrected chi connectivity index (χ2v) is 6.71. The summed E-state index contributed by atoms with van der Waals surface area (Å²) < 4.78 is 11.6. The summed E-state index contributed by atoms with van der Waals surface area (Å²) in [5.41, 5.74) is 1.33. The lowest BCUT2D eigenvalue weighted by Gasteiger charge is -2.44. The highest BCUT2D eigenvalue weighted by Gasteiger charge is 2.39. The molecule has 0 saturated carbocycles. The van der Waals surface area contributed by atoms with Crippen molar-refractivity contribution in [1.29, 1.82) is 0 Å². The Morgan fingerprint density at radius 2 is 1.90 bits per heavy atom. The first kappa shape index (κ1) is 15.3. The molecule has 1 N–H and O–H groups in total. The van der Waals surface area contributed by atoms with E-state index in [-0.39, 0.29) is 5.60 Å². The van der Waals surface area contributed by atoms with Gasteiger partial charge in [0.15, 0.2) is 0 Å². The SMILES string of the molecule is C[C@H](NC1CCOC2(CCOCC2)C1)c1ccc(Cl)cc1. The molecule has 4 heteroatoms. The first-order valence-electron chi connectivity index (χ1n) is 7.90. The van der Waals surface area contributed by atoms with Crippen molar-refractivity contribution in [3.63, 3.8) is 0 Å². The minimum atomic E-state index is 0.0495. The molecular weight excluding hydrogens is 286 g/mol. The molecule has 3 rings (SSSR count). The van der Waals surface area contributed by atoms with Crippen LogP contribution in [-0.2, 0) is 9.47 Å². The van der Waals surface area contributed by atoms with E-state index < -0.39 is 0 Å². The molecule has 2 aliphatic rings. The molecule has 0 aromatic heterocycles. The molecule has 0 bridgehead atoms. The maximum absolute atomic E-state index is 6.10. The lowest BCUT2D eigenvalue weighted by Crippen LogP contribution is -2.50. The van der Waals surface area contributed by atoms with Crippen LogP contribution in [0.2, 0.25) is 5.02 Å². The molecule has 2 heterocycles. The molecule has 2 saturated heterocycles. The number of nitrogens with one attached hydrogen (secondary N) is 1. The lowest BCUT2D eigenvalue weighted by atomic mass is 9.83. The normalized spacial score (nSPS) is 26.7. The Hall–Kier alpha value is -0.610. The number of rotatable bonds is 3. The van der Waals surface area contributed by atoms with Crippen molar-refractivity contribution in [3.8, 4) is 0 Å². The zero-order valence-electron chi connectivity index (χ0n) is 12.6. The first-order valence-corrected chi connectivity index (χ1v) is 8.28. The van der Waals surface area contributed by atoms with Crippen molar-refractivity contribution in [1.82, 2.24) is 5.32 Å². The number of hydrogen-bond acceptors (Lipinski definition) is 3. The molecule has 3 nitrogen and oxygen atoms in total. The van der Waals surface area contributed by atoms with Crippen LogP contribution in [-0.4, -0.2) is 31.5 Å². The molecule has 2 atom stereocenters. The van der Waals surface area contributed by atoms with Crippen LogP contribution < -0.4 is 5.32 Å². The number of benzene rings is 1. The third kappa shape index (κ3) is 3.78. The van der Waals surface area contributed by atoms with E-state index in [1.807, 2.05) is 12.1 Å². The van der Waals surface area contributed by atoms with Crippen molar-refractivity contribution in [2.24, 2.45) is 0 Å². The molecule has 0 amide bonds. The molecular formula is C17H24ClNO2. The summed E-state index contributed by atoms with van der Waals surface area (Å²) in [6.07, 6.45) is 4.23. The van der Waals surface area contributed by atoms with Crippen LogP contribution in [0, 0.1) is 0 Å². The van der Waals surface area contributed by atoms with Crippen LogP contribution in [0.1, 0.15) is 44.2 Å². The van der Waals surface area contributed by atoms with Crippen LogP contribution >= 0.6 is 11.6 Å². The zero-order valence-corrected chi connectivity index (χ0v) is 13.4.